The molecule has 1 nitrogen and oxygen atoms in total. The van der Waals surface area contributed by atoms with E-state index < -0.39 is 0 Å². The lowest BCUT2D eigenvalue weighted by Gasteiger charge is -2.15. The van der Waals surface area contributed by atoms with E-state index in [1.54, 1.807) is 0 Å². The fourth-order valence-electron chi connectivity index (χ4n) is 1.94. The largest absolute Gasteiger partial charge is 0.492 e. The Hall–Kier alpha value is -1.24. The molecule has 0 unspecified atom stereocenters. The first-order valence-electron chi connectivity index (χ1n) is 4.95. The van der Waals surface area contributed by atoms with Crippen molar-refractivity contribution in [2.45, 2.75) is 26.2 Å². The predicted molar refractivity (Wildman–Crippen MR) is 59.8 cm³/mol. The van der Waals surface area contributed by atoms with Gasteiger partial charge in [0.2, 0.25) is 0 Å². The van der Waals surface area contributed by atoms with E-state index in [0.29, 0.717) is 0 Å². The highest BCUT2D eigenvalue weighted by Crippen LogP contribution is 2.41. The molecule has 1 heterocycles. The van der Waals surface area contributed by atoms with Crippen LogP contribution in [0.25, 0.3) is 6.08 Å². The van der Waals surface area contributed by atoms with Gasteiger partial charge in [0.05, 0.1) is 6.61 Å². The van der Waals surface area contributed by atoms with Crippen LogP contribution >= 0.6 is 0 Å². The van der Waals surface area contributed by atoms with Gasteiger partial charge in [0.15, 0.2) is 0 Å². The number of aryl methyl sites for hydroxylation is 1. The molecule has 0 amide bonds. The van der Waals surface area contributed by atoms with Gasteiger partial charge in [-0.1, -0.05) is 26.5 Å². The summed E-state index contributed by atoms with van der Waals surface area (Å²) < 4.78 is 5.71. The van der Waals surface area contributed by atoms with E-state index in [-0.39, 0.29) is 5.41 Å². The van der Waals surface area contributed by atoms with Gasteiger partial charge in [0.25, 0.3) is 0 Å². The van der Waals surface area contributed by atoms with Gasteiger partial charge >= 0.3 is 0 Å². The smallest absolute Gasteiger partial charge is 0.126 e. The Bertz CT molecular complexity index is 388. The number of ether oxygens (including phenoxy) is 1. The second kappa shape index (κ2) is 2.88. The normalized spacial score (nSPS) is 17.4. The molecule has 0 saturated carbocycles. The Morgan fingerprint density at radius 1 is 1.43 bits per heavy atom. The third-order valence-corrected chi connectivity index (χ3v) is 2.84. The summed E-state index contributed by atoms with van der Waals surface area (Å²) in [6, 6.07) is 4.30. The predicted octanol–water partition coefficient (Wildman–Crippen LogP) is 3.31. The van der Waals surface area contributed by atoms with Crippen molar-refractivity contribution in [3.05, 3.63) is 35.4 Å². The Labute approximate surface area is 85.4 Å². The van der Waals surface area contributed by atoms with Crippen LogP contribution in [0.5, 0.6) is 5.75 Å². The monoisotopic (exact) mass is 188 g/mol. The molecule has 0 aromatic heterocycles. The number of fused-ring (bicyclic) bond motifs is 1. The topological polar surface area (TPSA) is 9.23 Å². The summed E-state index contributed by atoms with van der Waals surface area (Å²) in [7, 11) is 0. The first-order valence-corrected chi connectivity index (χ1v) is 4.95. The third kappa shape index (κ3) is 1.24. The van der Waals surface area contributed by atoms with Gasteiger partial charge in [0, 0.05) is 11.0 Å². The molecule has 0 saturated heterocycles. The van der Waals surface area contributed by atoms with Gasteiger partial charge in [-0.25, -0.2) is 0 Å². The molecule has 0 atom stereocenters. The molecule has 1 aliphatic heterocycles. The maximum atomic E-state index is 5.71. The minimum absolute atomic E-state index is 0.138. The molecule has 14 heavy (non-hydrogen) atoms. The van der Waals surface area contributed by atoms with E-state index in [2.05, 4.69) is 39.5 Å². The summed E-state index contributed by atoms with van der Waals surface area (Å²) in [5.74, 6) is 1.07. The molecule has 1 aliphatic rings. The second-order valence-corrected chi connectivity index (χ2v) is 4.59. The summed E-state index contributed by atoms with van der Waals surface area (Å²) in [6.45, 7) is 11.1. The van der Waals surface area contributed by atoms with E-state index in [9.17, 15) is 0 Å². The molecule has 1 aromatic rings. The summed E-state index contributed by atoms with van der Waals surface area (Å²) >= 11 is 0. The fraction of sp³-hybridized carbons (Fsp3) is 0.385. The standard InChI is InChI=1S/C13H16O/c1-5-10-6-9(2)12-11(7-10)13(3,4)8-14-12/h5-7H,1,8H2,2-4H3. The molecule has 1 heteroatoms. The number of hydrogen-bond donors (Lipinski definition) is 0. The summed E-state index contributed by atoms with van der Waals surface area (Å²) in [5, 5.41) is 0. The maximum Gasteiger partial charge on any atom is 0.126 e. The molecule has 2 rings (SSSR count). The Kier molecular flexibility index (Phi) is 1.91. The molecule has 0 bridgehead atoms. The first-order chi connectivity index (χ1) is 6.54. The van der Waals surface area contributed by atoms with E-state index in [1.807, 2.05) is 6.08 Å². The van der Waals surface area contributed by atoms with Crippen LogP contribution < -0.4 is 4.74 Å². The first kappa shape index (κ1) is 9.32. The molecule has 0 fully saturated rings. The van der Waals surface area contributed by atoms with Crippen molar-refractivity contribution in [3.63, 3.8) is 0 Å². The van der Waals surface area contributed by atoms with Crippen molar-refractivity contribution in [2.24, 2.45) is 0 Å². The molecule has 0 radical (unpaired) electrons. The Morgan fingerprint density at radius 3 is 2.79 bits per heavy atom. The number of benzene rings is 1. The van der Waals surface area contributed by atoms with Crippen molar-refractivity contribution in [1.29, 1.82) is 0 Å². The zero-order valence-electron chi connectivity index (χ0n) is 9.05. The average molecular weight is 188 g/mol. The van der Waals surface area contributed by atoms with Gasteiger partial charge in [-0.2, -0.15) is 0 Å². The zero-order valence-corrected chi connectivity index (χ0v) is 9.05. The van der Waals surface area contributed by atoms with Crippen LogP contribution in [0.3, 0.4) is 0 Å². The Morgan fingerprint density at radius 2 is 2.14 bits per heavy atom. The molecular weight excluding hydrogens is 172 g/mol. The Balaban J connectivity index is 2.65. The van der Waals surface area contributed by atoms with Gasteiger partial charge in [0.1, 0.15) is 5.75 Å². The lowest BCUT2D eigenvalue weighted by Crippen LogP contribution is -2.18. The van der Waals surface area contributed by atoms with Crippen molar-refractivity contribution < 1.29 is 4.74 Å². The van der Waals surface area contributed by atoms with Crippen LogP contribution in [0.15, 0.2) is 18.7 Å². The van der Waals surface area contributed by atoms with E-state index in [4.69, 9.17) is 4.74 Å². The molecule has 74 valence electrons. The number of hydrogen-bond acceptors (Lipinski definition) is 1. The lowest BCUT2D eigenvalue weighted by atomic mass is 9.85. The van der Waals surface area contributed by atoms with Crippen molar-refractivity contribution >= 4 is 6.08 Å². The summed E-state index contributed by atoms with van der Waals surface area (Å²) in [5.41, 5.74) is 3.84. The molecule has 1 aromatic carbocycles. The van der Waals surface area contributed by atoms with Crippen molar-refractivity contribution in [3.8, 4) is 5.75 Å². The average Bonchev–Trinajstić information content (AvgIpc) is 2.43. The highest BCUT2D eigenvalue weighted by atomic mass is 16.5. The maximum absolute atomic E-state index is 5.71. The third-order valence-electron chi connectivity index (χ3n) is 2.84. The van der Waals surface area contributed by atoms with Gasteiger partial charge in [-0.15, -0.1) is 0 Å². The van der Waals surface area contributed by atoms with Crippen LogP contribution in [0, 0.1) is 6.92 Å². The van der Waals surface area contributed by atoms with Crippen LogP contribution in [0.2, 0.25) is 0 Å². The van der Waals surface area contributed by atoms with Gasteiger partial charge < -0.3 is 4.74 Å². The van der Waals surface area contributed by atoms with Gasteiger partial charge in [-0.3, -0.25) is 0 Å². The minimum Gasteiger partial charge on any atom is -0.492 e. The van der Waals surface area contributed by atoms with Crippen molar-refractivity contribution in [1.82, 2.24) is 0 Å². The summed E-state index contributed by atoms with van der Waals surface area (Å²) in [6.07, 6.45) is 1.89. The molecule has 0 N–H and O–H groups in total. The molecule has 0 spiro atoms. The van der Waals surface area contributed by atoms with Crippen LogP contribution in [-0.4, -0.2) is 6.61 Å². The summed E-state index contributed by atoms with van der Waals surface area (Å²) in [4.78, 5) is 0. The highest BCUT2D eigenvalue weighted by molar-refractivity contribution is 5.58. The fourth-order valence-corrected chi connectivity index (χ4v) is 1.94. The van der Waals surface area contributed by atoms with Crippen molar-refractivity contribution in [2.75, 3.05) is 6.61 Å². The van der Waals surface area contributed by atoms with Gasteiger partial charge in [-0.05, 0) is 30.2 Å². The highest BCUT2D eigenvalue weighted by Gasteiger charge is 2.32. The van der Waals surface area contributed by atoms with E-state index in [1.165, 1.54) is 16.7 Å². The van der Waals surface area contributed by atoms with E-state index in [0.717, 1.165) is 12.4 Å². The lowest BCUT2D eigenvalue weighted by molar-refractivity contribution is 0.290. The molecular formula is C13H16O. The van der Waals surface area contributed by atoms with Crippen LogP contribution in [-0.2, 0) is 5.41 Å². The van der Waals surface area contributed by atoms with E-state index >= 15 is 0 Å². The number of rotatable bonds is 1. The zero-order chi connectivity index (χ0) is 10.3. The second-order valence-electron chi connectivity index (χ2n) is 4.59. The SMILES string of the molecule is C=Cc1cc(C)c2c(c1)C(C)(C)CO2. The quantitative estimate of drug-likeness (QED) is 0.657. The minimum atomic E-state index is 0.138. The van der Waals surface area contributed by atoms with Crippen LogP contribution in [0.4, 0.5) is 0 Å². The molecule has 0 aliphatic carbocycles. The van der Waals surface area contributed by atoms with Crippen LogP contribution in [0.1, 0.15) is 30.5 Å².